The summed E-state index contributed by atoms with van der Waals surface area (Å²) in [6.07, 6.45) is 12.3. The van der Waals surface area contributed by atoms with E-state index in [1.165, 1.54) is 32.1 Å². The smallest absolute Gasteiger partial charge is 0.0353 e. The molecule has 0 aliphatic heterocycles. The average molecular weight is 164 g/mol. The Bertz CT molecular complexity index is 155. The van der Waals surface area contributed by atoms with Crippen molar-refractivity contribution in [3.05, 3.63) is 12.7 Å². The lowest BCUT2D eigenvalue weighted by Gasteiger charge is -1.97. The van der Waals surface area contributed by atoms with Gasteiger partial charge in [-0.25, -0.2) is 0 Å². The topological polar surface area (TPSA) is 0 Å². The van der Waals surface area contributed by atoms with Crippen LogP contribution in [0.1, 0.15) is 44.9 Å². The van der Waals surface area contributed by atoms with Crippen molar-refractivity contribution in [3.8, 4) is 0 Å². The van der Waals surface area contributed by atoms with E-state index in [0.29, 0.717) is 0 Å². The van der Waals surface area contributed by atoms with E-state index in [1.54, 1.807) is 12.8 Å². The van der Waals surface area contributed by atoms with Crippen LogP contribution < -0.4 is 0 Å². The third-order valence-electron chi connectivity index (χ3n) is 3.39. The molecule has 0 heterocycles. The van der Waals surface area contributed by atoms with Gasteiger partial charge in [0.05, 0.1) is 0 Å². The van der Waals surface area contributed by atoms with Gasteiger partial charge in [0.1, 0.15) is 0 Å². The molecule has 0 bridgehead atoms. The normalized spacial score (nSPS) is 33.3. The average Bonchev–Trinajstić information content (AvgIpc) is 2.92. The minimum atomic E-state index is 1.12. The molecule has 0 heteroatoms. The van der Waals surface area contributed by atoms with Crippen molar-refractivity contribution >= 4 is 0 Å². The highest BCUT2D eigenvalue weighted by Crippen LogP contribution is 2.50. The molecule has 0 spiro atoms. The third-order valence-corrected chi connectivity index (χ3v) is 3.39. The molecular formula is C12H20. The fraction of sp³-hybridized carbons (Fsp3) is 0.833. The van der Waals surface area contributed by atoms with Gasteiger partial charge < -0.3 is 0 Å². The summed E-state index contributed by atoms with van der Waals surface area (Å²) in [6.45, 7) is 3.76. The quantitative estimate of drug-likeness (QED) is 0.414. The lowest BCUT2D eigenvalue weighted by Crippen LogP contribution is -1.85. The highest BCUT2D eigenvalue weighted by Gasteiger charge is 2.39. The van der Waals surface area contributed by atoms with Crippen LogP contribution in [0, 0.1) is 17.8 Å². The van der Waals surface area contributed by atoms with Crippen molar-refractivity contribution in [2.75, 3.05) is 0 Å². The zero-order valence-electron chi connectivity index (χ0n) is 7.97. The molecule has 0 unspecified atom stereocenters. The molecule has 12 heavy (non-hydrogen) atoms. The van der Waals surface area contributed by atoms with E-state index < -0.39 is 0 Å². The van der Waals surface area contributed by atoms with Gasteiger partial charge >= 0.3 is 0 Å². The predicted octanol–water partition coefficient (Wildman–Crippen LogP) is 3.78. The minimum Gasteiger partial charge on any atom is -0.103 e. The molecule has 68 valence electrons. The van der Waals surface area contributed by atoms with Crippen molar-refractivity contribution in [1.82, 2.24) is 0 Å². The first-order valence-electron chi connectivity index (χ1n) is 5.51. The Kier molecular flexibility index (Phi) is 2.53. The number of allylic oxidation sites excluding steroid dienone is 1. The Labute approximate surface area is 76.1 Å². The largest absolute Gasteiger partial charge is 0.103 e. The lowest BCUT2D eigenvalue weighted by molar-refractivity contribution is 0.559. The summed E-state index contributed by atoms with van der Waals surface area (Å²) in [5, 5.41) is 0. The molecule has 2 saturated carbocycles. The van der Waals surface area contributed by atoms with Crippen molar-refractivity contribution < 1.29 is 0 Å². The Morgan fingerprint density at radius 3 is 2.75 bits per heavy atom. The van der Waals surface area contributed by atoms with Gasteiger partial charge in [-0.15, -0.1) is 6.58 Å². The molecule has 0 nitrogen and oxygen atoms in total. The first kappa shape index (κ1) is 8.34. The summed E-state index contributed by atoms with van der Waals surface area (Å²) in [5.41, 5.74) is 0. The third kappa shape index (κ3) is 2.36. The van der Waals surface area contributed by atoms with Gasteiger partial charge in [0.2, 0.25) is 0 Å². The van der Waals surface area contributed by atoms with Gasteiger partial charge in [-0.05, 0) is 49.9 Å². The van der Waals surface area contributed by atoms with Crippen LogP contribution in [0.3, 0.4) is 0 Å². The molecule has 2 fully saturated rings. The molecule has 0 aromatic carbocycles. The Morgan fingerprint density at radius 2 is 2.08 bits per heavy atom. The van der Waals surface area contributed by atoms with Crippen LogP contribution in [0.2, 0.25) is 0 Å². The van der Waals surface area contributed by atoms with Crippen molar-refractivity contribution in [2.45, 2.75) is 44.9 Å². The maximum Gasteiger partial charge on any atom is -0.0353 e. The summed E-state index contributed by atoms with van der Waals surface area (Å²) in [7, 11) is 0. The fourth-order valence-electron chi connectivity index (χ4n) is 2.26. The number of hydrogen-bond donors (Lipinski definition) is 0. The van der Waals surface area contributed by atoms with E-state index in [1.807, 2.05) is 0 Å². The first-order chi connectivity index (χ1) is 5.90. The zero-order chi connectivity index (χ0) is 8.39. The fourth-order valence-corrected chi connectivity index (χ4v) is 2.26. The number of rotatable bonds is 6. The van der Waals surface area contributed by atoms with Gasteiger partial charge in [-0.2, -0.15) is 0 Å². The summed E-state index contributed by atoms with van der Waals surface area (Å²) >= 11 is 0. The molecule has 0 aromatic heterocycles. The SMILES string of the molecule is C=CCCC[C@@H]1C[C@H]1CC1CC1. The molecule has 2 aliphatic rings. The minimum absolute atomic E-state index is 1.12. The maximum absolute atomic E-state index is 3.76. The van der Waals surface area contributed by atoms with Crippen molar-refractivity contribution in [3.63, 3.8) is 0 Å². The first-order valence-corrected chi connectivity index (χ1v) is 5.51. The van der Waals surface area contributed by atoms with E-state index in [9.17, 15) is 0 Å². The molecule has 2 rings (SSSR count). The van der Waals surface area contributed by atoms with Gasteiger partial charge in [-0.3, -0.25) is 0 Å². The molecular weight excluding hydrogens is 144 g/mol. The van der Waals surface area contributed by atoms with Crippen LogP contribution in [0.5, 0.6) is 0 Å². The molecule has 0 N–H and O–H groups in total. The highest BCUT2D eigenvalue weighted by molar-refractivity contribution is 4.90. The van der Waals surface area contributed by atoms with Gasteiger partial charge in [0.15, 0.2) is 0 Å². The molecule has 0 saturated heterocycles. The number of unbranched alkanes of at least 4 members (excludes halogenated alkanes) is 1. The molecule has 2 aliphatic carbocycles. The number of hydrogen-bond acceptors (Lipinski definition) is 0. The predicted molar refractivity (Wildman–Crippen MR) is 53.0 cm³/mol. The van der Waals surface area contributed by atoms with E-state index in [2.05, 4.69) is 12.7 Å². The van der Waals surface area contributed by atoms with Crippen LogP contribution in [0.15, 0.2) is 12.7 Å². The molecule has 0 amide bonds. The van der Waals surface area contributed by atoms with Gasteiger partial charge in [0.25, 0.3) is 0 Å². The second-order valence-corrected chi connectivity index (χ2v) is 4.65. The summed E-state index contributed by atoms with van der Waals surface area (Å²) in [5.74, 6) is 3.41. The van der Waals surface area contributed by atoms with Crippen molar-refractivity contribution in [1.29, 1.82) is 0 Å². The van der Waals surface area contributed by atoms with Crippen LogP contribution in [0.25, 0.3) is 0 Å². The van der Waals surface area contributed by atoms with Crippen molar-refractivity contribution in [2.24, 2.45) is 17.8 Å². The van der Waals surface area contributed by atoms with Crippen LogP contribution >= 0.6 is 0 Å². The van der Waals surface area contributed by atoms with Crippen LogP contribution in [-0.4, -0.2) is 0 Å². The Balaban J connectivity index is 1.51. The second-order valence-electron chi connectivity index (χ2n) is 4.65. The summed E-state index contributed by atoms with van der Waals surface area (Å²) < 4.78 is 0. The summed E-state index contributed by atoms with van der Waals surface area (Å²) in [4.78, 5) is 0. The molecule has 2 atom stereocenters. The van der Waals surface area contributed by atoms with E-state index in [-0.39, 0.29) is 0 Å². The van der Waals surface area contributed by atoms with Crippen LogP contribution in [0.4, 0.5) is 0 Å². The molecule has 0 aromatic rings. The van der Waals surface area contributed by atoms with E-state index in [0.717, 1.165) is 17.8 Å². The lowest BCUT2D eigenvalue weighted by atomic mass is 10.1. The van der Waals surface area contributed by atoms with E-state index >= 15 is 0 Å². The second kappa shape index (κ2) is 3.64. The van der Waals surface area contributed by atoms with E-state index in [4.69, 9.17) is 0 Å². The van der Waals surface area contributed by atoms with Gasteiger partial charge in [-0.1, -0.05) is 18.9 Å². The Morgan fingerprint density at radius 1 is 1.25 bits per heavy atom. The zero-order valence-corrected chi connectivity index (χ0v) is 7.97. The highest BCUT2D eigenvalue weighted by atomic mass is 14.4. The summed E-state index contributed by atoms with van der Waals surface area (Å²) in [6, 6.07) is 0. The monoisotopic (exact) mass is 164 g/mol. The maximum atomic E-state index is 3.76. The molecule has 0 radical (unpaired) electrons. The van der Waals surface area contributed by atoms with Gasteiger partial charge in [0, 0.05) is 0 Å². The standard InChI is InChI=1S/C12H20/c1-2-3-4-5-11-9-12(11)8-10-6-7-10/h2,10-12H,1,3-9H2/t11-,12-/m1/s1. The van der Waals surface area contributed by atoms with Crippen LogP contribution in [-0.2, 0) is 0 Å². The Hall–Kier alpha value is -0.260.